The number of fused-ring (bicyclic) bond motifs is 1. The average molecular weight is 349 g/mol. The third kappa shape index (κ3) is 3.06. The van der Waals surface area contributed by atoms with Crippen LogP contribution in [0.3, 0.4) is 0 Å². The van der Waals surface area contributed by atoms with E-state index < -0.39 is 12.1 Å². The zero-order valence-corrected chi connectivity index (χ0v) is 14.3. The Morgan fingerprint density at radius 3 is 2.50 bits per heavy atom. The standard InChI is InChI=1S/C16H19N3O4S/c1-16-8-7-13(20)19(16)12(9-24-16)14(21)17-10-3-5-11(6-4-10)18-15(22)23-2/h3-6,12H,7-9H2,1-2H3,(H,17,21)(H,18,22)/t12-,16-/m0/s1. The van der Waals surface area contributed by atoms with Gasteiger partial charge in [0.1, 0.15) is 6.04 Å². The first kappa shape index (κ1) is 16.6. The Bertz CT molecular complexity index is 678. The Hall–Kier alpha value is -2.22. The van der Waals surface area contributed by atoms with E-state index >= 15 is 0 Å². The van der Waals surface area contributed by atoms with Gasteiger partial charge in [-0.05, 0) is 37.6 Å². The highest BCUT2D eigenvalue weighted by Crippen LogP contribution is 2.47. The number of anilines is 2. The molecule has 0 radical (unpaired) electrons. The second kappa shape index (κ2) is 6.35. The number of rotatable bonds is 3. The van der Waals surface area contributed by atoms with Crippen LogP contribution >= 0.6 is 11.8 Å². The first-order valence-corrected chi connectivity index (χ1v) is 8.63. The highest BCUT2D eigenvalue weighted by Gasteiger charge is 2.52. The molecule has 7 nitrogen and oxygen atoms in total. The number of hydrogen-bond donors (Lipinski definition) is 2. The molecule has 2 N–H and O–H groups in total. The van der Waals surface area contributed by atoms with Crippen LogP contribution in [0.2, 0.25) is 0 Å². The number of ether oxygens (including phenoxy) is 1. The van der Waals surface area contributed by atoms with E-state index in [2.05, 4.69) is 15.4 Å². The first-order valence-electron chi connectivity index (χ1n) is 7.65. The molecule has 3 rings (SSSR count). The number of benzene rings is 1. The Balaban J connectivity index is 1.65. The molecule has 0 aliphatic carbocycles. The minimum atomic E-state index is -0.554. The molecule has 1 aromatic carbocycles. The lowest BCUT2D eigenvalue weighted by Crippen LogP contribution is -2.48. The molecule has 8 heteroatoms. The summed E-state index contributed by atoms with van der Waals surface area (Å²) in [5.74, 6) is 0.464. The molecule has 0 spiro atoms. The molecule has 3 amide bonds. The molecular formula is C16H19N3O4S. The number of methoxy groups -OCH3 is 1. The van der Waals surface area contributed by atoms with Crippen LogP contribution < -0.4 is 10.6 Å². The quantitative estimate of drug-likeness (QED) is 0.874. The van der Waals surface area contributed by atoms with Crippen molar-refractivity contribution >= 4 is 41.0 Å². The van der Waals surface area contributed by atoms with Crippen molar-refractivity contribution in [3.05, 3.63) is 24.3 Å². The number of amides is 3. The maximum absolute atomic E-state index is 12.5. The second-order valence-corrected chi connectivity index (χ2v) is 7.45. The largest absolute Gasteiger partial charge is 0.453 e. The van der Waals surface area contributed by atoms with Crippen molar-refractivity contribution in [1.82, 2.24) is 4.90 Å². The van der Waals surface area contributed by atoms with Crippen LogP contribution in [0, 0.1) is 0 Å². The molecule has 2 heterocycles. The Labute approximate surface area is 144 Å². The van der Waals surface area contributed by atoms with Crippen molar-refractivity contribution in [2.45, 2.75) is 30.7 Å². The molecule has 0 saturated carbocycles. The van der Waals surface area contributed by atoms with Crippen LogP contribution in [0.25, 0.3) is 0 Å². The van der Waals surface area contributed by atoms with Crippen LogP contribution in [0.1, 0.15) is 19.8 Å². The summed E-state index contributed by atoms with van der Waals surface area (Å²) in [6.07, 6.45) is 0.733. The maximum Gasteiger partial charge on any atom is 0.411 e. The summed E-state index contributed by atoms with van der Waals surface area (Å²) in [6.45, 7) is 2.02. The summed E-state index contributed by atoms with van der Waals surface area (Å²) in [7, 11) is 1.29. The highest BCUT2D eigenvalue weighted by atomic mass is 32.2. The van der Waals surface area contributed by atoms with Crippen LogP contribution in [0.5, 0.6) is 0 Å². The van der Waals surface area contributed by atoms with E-state index in [9.17, 15) is 14.4 Å². The van der Waals surface area contributed by atoms with Gasteiger partial charge in [-0.25, -0.2) is 4.79 Å². The van der Waals surface area contributed by atoms with Crippen molar-refractivity contribution in [3.63, 3.8) is 0 Å². The summed E-state index contributed by atoms with van der Waals surface area (Å²) >= 11 is 1.66. The fourth-order valence-electron chi connectivity index (χ4n) is 3.05. The predicted octanol–water partition coefficient (Wildman–Crippen LogP) is 2.26. The van der Waals surface area contributed by atoms with Gasteiger partial charge in [0.05, 0.1) is 12.0 Å². The molecule has 1 aromatic rings. The number of nitrogens with one attached hydrogen (secondary N) is 2. The lowest BCUT2D eigenvalue weighted by atomic mass is 10.2. The van der Waals surface area contributed by atoms with E-state index in [1.165, 1.54) is 7.11 Å². The molecule has 2 atom stereocenters. The molecule has 24 heavy (non-hydrogen) atoms. The van der Waals surface area contributed by atoms with Gasteiger partial charge in [0.2, 0.25) is 11.8 Å². The van der Waals surface area contributed by atoms with Crippen molar-refractivity contribution < 1.29 is 19.1 Å². The van der Waals surface area contributed by atoms with Gasteiger partial charge in [-0.2, -0.15) is 0 Å². The predicted molar refractivity (Wildman–Crippen MR) is 91.8 cm³/mol. The van der Waals surface area contributed by atoms with Crippen molar-refractivity contribution in [2.24, 2.45) is 0 Å². The number of carbonyl (C=O) groups is 3. The maximum atomic E-state index is 12.5. The molecule has 2 saturated heterocycles. The van der Waals surface area contributed by atoms with Gasteiger partial charge < -0.3 is 15.0 Å². The average Bonchev–Trinajstić information content (AvgIpc) is 3.06. The monoisotopic (exact) mass is 349 g/mol. The second-order valence-electron chi connectivity index (χ2n) is 5.95. The van der Waals surface area contributed by atoms with Gasteiger partial charge in [-0.1, -0.05) is 0 Å². The molecule has 0 aromatic heterocycles. The minimum absolute atomic E-state index is 0.0419. The number of hydrogen-bond acceptors (Lipinski definition) is 5. The SMILES string of the molecule is COC(=O)Nc1ccc(NC(=O)[C@@H]2CS[C@@]3(C)CCC(=O)N23)cc1. The van der Waals surface area contributed by atoms with Gasteiger partial charge in [0, 0.05) is 23.5 Å². The Kier molecular flexibility index (Phi) is 4.40. The van der Waals surface area contributed by atoms with Crippen LogP contribution in [-0.4, -0.2) is 46.6 Å². The molecule has 2 aliphatic heterocycles. The van der Waals surface area contributed by atoms with Crippen molar-refractivity contribution in [3.8, 4) is 0 Å². The summed E-state index contributed by atoms with van der Waals surface area (Å²) in [5, 5.41) is 5.38. The van der Waals surface area contributed by atoms with Gasteiger partial charge in [-0.3, -0.25) is 14.9 Å². The van der Waals surface area contributed by atoms with E-state index in [-0.39, 0.29) is 16.7 Å². The summed E-state index contributed by atoms with van der Waals surface area (Å²) in [6, 6.07) is 6.28. The molecule has 128 valence electrons. The number of thioether (sulfide) groups is 1. The summed E-state index contributed by atoms with van der Waals surface area (Å²) < 4.78 is 4.52. The van der Waals surface area contributed by atoms with E-state index in [4.69, 9.17) is 0 Å². The van der Waals surface area contributed by atoms with E-state index in [1.807, 2.05) is 6.92 Å². The van der Waals surface area contributed by atoms with Gasteiger partial charge >= 0.3 is 6.09 Å². The van der Waals surface area contributed by atoms with Crippen LogP contribution in [0.4, 0.5) is 16.2 Å². The third-order valence-corrected chi connectivity index (χ3v) is 5.84. The fraction of sp³-hybridized carbons (Fsp3) is 0.438. The Morgan fingerprint density at radius 2 is 1.88 bits per heavy atom. The summed E-state index contributed by atoms with van der Waals surface area (Å²) in [4.78, 5) is 37.2. The zero-order chi connectivity index (χ0) is 17.3. The molecular weight excluding hydrogens is 330 g/mol. The smallest absolute Gasteiger partial charge is 0.411 e. The van der Waals surface area contributed by atoms with E-state index in [0.29, 0.717) is 23.5 Å². The summed E-state index contributed by atoms with van der Waals surface area (Å²) in [5.41, 5.74) is 1.18. The minimum Gasteiger partial charge on any atom is -0.453 e. The lowest BCUT2D eigenvalue weighted by molar-refractivity contribution is -0.135. The lowest BCUT2D eigenvalue weighted by Gasteiger charge is -2.29. The Morgan fingerprint density at radius 1 is 1.25 bits per heavy atom. The van der Waals surface area contributed by atoms with Crippen LogP contribution in [0.15, 0.2) is 24.3 Å². The van der Waals surface area contributed by atoms with E-state index in [1.54, 1.807) is 40.9 Å². The molecule has 0 unspecified atom stereocenters. The molecule has 2 aliphatic rings. The highest BCUT2D eigenvalue weighted by molar-refractivity contribution is 8.01. The fourth-order valence-corrected chi connectivity index (χ4v) is 4.48. The first-order chi connectivity index (χ1) is 11.4. The molecule has 0 bridgehead atoms. The zero-order valence-electron chi connectivity index (χ0n) is 13.5. The number of carbonyl (C=O) groups excluding carboxylic acids is 3. The van der Waals surface area contributed by atoms with Crippen LogP contribution in [-0.2, 0) is 14.3 Å². The third-order valence-electron chi connectivity index (χ3n) is 4.33. The van der Waals surface area contributed by atoms with Gasteiger partial charge in [0.25, 0.3) is 0 Å². The number of nitrogens with zero attached hydrogens (tertiary/aromatic N) is 1. The molecule has 2 fully saturated rings. The van der Waals surface area contributed by atoms with Crippen molar-refractivity contribution in [2.75, 3.05) is 23.5 Å². The van der Waals surface area contributed by atoms with Crippen molar-refractivity contribution in [1.29, 1.82) is 0 Å². The van der Waals surface area contributed by atoms with Gasteiger partial charge in [0.15, 0.2) is 0 Å². The van der Waals surface area contributed by atoms with E-state index in [0.717, 1.165) is 6.42 Å². The topological polar surface area (TPSA) is 87.7 Å². The van der Waals surface area contributed by atoms with Gasteiger partial charge in [-0.15, -0.1) is 11.8 Å². The normalized spacial score (nSPS) is 25.3.